The predicted octanol–water partition coefficient (Wildman–Crippen LogP) is 4.37. The minimum atomic E-state index is -4.80. The van der Waals surface area contributed by atoms with Crippen molar-refractivity contribution in [3.63, 3.8) is 0 Å². The summed E-state index contributed by atoms with van der Waals surface area (Å²) >= 11 is 5.76. The lowest BCUT2D eigenvalue weighted by molar-refractivity contribution is -0.385. The number of nitrogens with zero attached hydrogens (tertiary/aromatic N) is 3. The SMILES string of the molecule is CCOC(=O)c1c([N+](=O)[O-])ccc(Oc2nn(C)c(C(F)(F)F)c2Cl)c1OCC. The highest BCUT2D eigenvalue weighted by Crippen LogP contribution is 2.44. The van der Waals surface area contributed by atoms with E-state index < -0.39 is 44.9 Å². The summed E-state index contributed by atoms with van der Waals surface area (Å²) in [6.45, 7) is 2.92. The molecule has 0 bridgehead atoms. The number of halogens is 4. The van der Waals surface area contributed by atoms with Gasteiger partial charge < -0.3 is 14.2 Å². The lowest BCUT2D eigenvalue weighted by atomic mass is 10.1. The van der Waals surface area contributed by atoms with E-state index >= 15 is 0 Å². The molecule has 2 aromatic rings. The Labute approximate surface area is 167 Å². The van der Waals surface area contributed by atoms with Crippen LogP contribution in [0.1, 0.15) is 29.9 Å². The number of alkyl halides is 3. The maximum Gasteiger partial charge on any atom is 0.434 e. The number of ether oxygens (including phenoxy) is 3. The highest BCUT2D eigenvalue weighted by Gasteiger charge is 2.40. The third kappa shape index (κ3) is 4.53. The average Bonchev–Trinajstić information content (AvgIpc) is 2.89. The Bertz CT molecular complexity index is 945. The molecule has 29 heavy (non-hydrogen) atoms. The number of aryl methyl sites for hydroxylation is 1. The molecule has 0 saturated carbocycles. The summed E-state index contributed by atoms with van der Waals surface area (Å²) in [5.41, 5.74) is -2.42. The largest absolute Gasteiger partial charge is 0.489 e. The van der Waals surface area contributed by atoms with E-state index in [-0.39, 0.29) is 24.7 Å². The second-order valence-electron chi connectivity index (χ2n) is 5.39. The van der Waals surface area contributed by atoms with Crippen LogP contribution in [0.4, 0.5) is 18.9 Å². The molecular formula is C16H15ClF3N3O6. The molecular weight excluding hydrogens is 423 g/mol. The summed E-state index contributed by atoms with van der Waals surface area (Å²) in [6, 6.07) is 2.00. The van der Waals surface area contributed by atoms with Crippen molar-refractivity contribution >= 4 is 23.3 Å². The minimum Gasteiger partial charge on any atom is -0.489 e. The van der Waals surface area contributed by atoms with Gasteiger partial charge in [0, 0.05) is 13.1 Å². The standard InChI is InChI=1S/C16H15ClF3N3O6/c1-4-27-12-9(7-6-8(23(25)26)10(12)15(24)28-5-2)29-14-11(17)13(16(18,19)20)22(3)21-14/h6-7H,4-5H2,1-3H3. The molecule has 0 aliphatic rings. The molecule has 13 heteroatoms. The lowest BCUT2D eigenvalue weighted by Gasteiger charge is -2.14. The van der Waals surface area contributed by atoms with Crippen molar-refractivity contribution in [1.82, 2.24) is 9.78 Å². The van der Waals surface area contributed by atoms with Gasteiger partial charge in [-0.25, -0.2) is 4.79 Å². The van der Waals surface area contributed by atoms with Crippen LogP contribution in [-0.2, 0) is 18.0 Å². The van der Waals surface area contributed by atoms with E-state index in [1.54, 1.807) is 0 Å². The van der Waals surface area contributed by atoms with Crippen LogP contribution in [0.2, 0.25) is 5.02 Å². The minimum absolute atomic E-state index is 0.0340. The van der Waals surface area contributed by atoms with Crippen molar-refractivity contribution in [2.75, 3.05) is 13.2 Å². The lowest BCUT2D eigenvalue weighted by Crippen LogP contribution is -2.12. The Morgan fingerprint density at radius 3 is 2.45 bits per heavy atom. The van der Waals surface area contributed by atoms with Crippen molar-refractivity contribution in [3.8, 4) is 17.4 Å². The quantitative estimate of drug-likeness (QED) is 0.359. The van der Waals surface area contributed by atoms with E-state index in [4.69, 9.17) is 25.8 Å². The van der Waals surface area contributed by atoms with Crippen LogP contribution in [0.25, 0.3) is 0 Å². The molecule has 0 atom stereocenters. The van der Waals surface area contributed by atoms with Crippen molar-refractivity contribution in [2.24, 2.45) is 7.05 Å². The number of nitro benzene ring substituents is 1. The van der Waals surface area contributed by atoms with Crippen LogP contribution >= 0.6 is 11.6 Å². The van der Waals surface area contributed by atoms with Crippen molar-refractivity contribution < 1.29 is 37.1 Å². The fourth-order valence-corrected chi connectivity index (χ4v) is 2.73. The summed E-state index contributed by atoms with van der Waals surface area (Å²) in [5.74, 6) is -2.35. The number of hydrogen-bond acceptors (Lipinski definition) is 7. The highest BCUT2D eigenvalue weighted by atomic mass is 35.5. The number of hydrogen-bond donors (Lipinski definition) is 0. The summed E-state index contributed by atoms with van der Waals surface area (Å²) in [5, 5.41) is 14.1. The number of aromatic nitrogens is 2. The van der Waals surface area contributed by atoms with Crippen molar-refractivity contribution in [3.05, 3.63) is 38.5 Å². The zero-order valence-electron chi connectivity index (χ0n) is 15.4. The molecule has 1 aromatic carbocycles. The molecule has 2 rings (SSSR count). The third-order valence-corrected chi connectivity index (χ3v) is 3.84. The fraction of sp³-hybridized carbons (Fsp3) is 0.375. The molecule has 1 aromatic heterocycles. The molecule has 0 saturated heterocycles. The molecule has 0 radical (unpaired) electrons. The first kappa shape index (κ1) is 22.3. The molecule has 0 N–H and O–H groups in total. The molecule has 0 aliphatic heterocycles. The van der Waals surface area contributed by atoms with Crippen LogP contribution < -0.4 is 9.47 Å². The van der Waals surface area contributed by atoms with Crippen molar-refractivity contribution in [2.45, 2.75) is 20.0 Å². The number of carbonyl (C=O) groups excluding carboxylic acids is 1. The van der Waals surface area contributed by atoms with Crippen molar-refractivity contribution in [1.29, 1.82) is 0 Å². The number of carbonyl (C=O) groups is 1. The monoisotopic (exact) mass is 437 g/mol. The number of esters is 1. The molecule has 0 amide bonds. The highest BCUT2D eigenvalue weighted by molar-refractivity contribution is 6.32. The Morgan fingerprint density at radius 2 is 1.97 bits per heavy atom. The first-order chi connectivity index (χ1) is 13.5. The normalized spacial score (nSPS) is 11.3. The van der Waals surface area contributed by atoms with Crippen LogP contribution in [0.3, 0.4) is 0 Å². The zero-order chi connectivity index (χ0) is 21.9. The van der Waals surface area contributed by atoms with Gasteiger partial charge in [-0.2, -0.15) is 13.2 Å². The molecule has 158 valence electrons. The zero-order valence-corrected chi connectivity index (χ0v) is 16.1. The molecule has 0 fully saturated rings. The Morgan fingerprint density at radius 1 is 1.31 bits per heavy atom. The van der Waals surface area contributed by atoms with Crippen LogP contribution in [0.15, 0.2) is 12.1 Å². The average molecular weight is 438 g/mol. The van der Waals surface area contributed by atoms with Gasteiger partial charge in [0.15, 0.2) is 22.8 Å². The number of nitro groups is 1. The Kier molecular flexibility index (Phi) is 6.57. The van der Waals surface area contributed by atoms with Gasteiger partial charge in [-0.3, -0.25) is 14.8 Å². The van der Waals surface area contributed by atoms with Crippen LogP contribution in [0, 0.1) is 10.1 Å². The van der Waals surface area contributed by atoms with Gasteiger partial charge in [0.1, 0.15) is 5.02 Å². The maximum atomic E-state index is 13.1. The molecule has 9 nitrogen and oxygen atoms in total. The summed E-state index contributed by atoms with van der Waals surface area (Å²) in [4.78, 5) is 22.8. The van der Waals surface area contributed by atoms with E-state index in [9.17, 15) is 28.1 Å². The molecule has 0 aliphatic carbocycles. The van der Waals surface area contributed by atoms with Crippen LogP contribution in [-0.4, -0.2) is 33.9 Å². The molecule has 1 heterocycles. The molecule has 0 unspecified atom stereocenters. The van der Waals surface area contributed by atoms with E-state index in [2.05, 4.69) is 5.10 Å². The second-order valence-corrected chi connectivity index (χ2v) is 5.77. The topological polar surface area (TPSA) is 106 Å². The van der Waals surface area contributed by atoms with Crippen LogP contribution in [0.5, 0.6) is 17.4 Å². The summed E-state index contributed by atoms with van der Waals surface area (Å²) < 4.78 is 55.2. The first-order valence-corrected chi connectivity index (χ1v) is 8.49. The van der Waals surface area contributed by atoms with E-state index in [1.807, 2.05) is 0 Å². The van der Waals surface area contributed by atoms with Gasteiger partial charge >= 0.3 is 12.1 Å². The van der Waals surface area contributed by atoms with E-state index in [1.165, 1.54) is 13.8 Å². The third-order valence-electron chi connectivity index (χ3n) is 3.50. The van der Waals surface area contributed by atoms with Gasteiger partial charge in [-0.05, 0) is 19.9 Å². The van der Waals surface area contributed by atoms with E-state index in [0.29, 0.717) is 4.68 Å². The van der Waals surface area contributed by atoms with Gasteiger partial charge in [0.25, 0.3) is 11.6 Å². The Hall–Kier alpha value is -3.02. The van der Waals surface area contributed by atoms with E-state index in [0.717, 1.165) is 19.2 Å². The van der Waals surface area contributed by atoms with Gasteiger partial charge in [0.2, 0.25) is 0 Å². The van der Waals surface area contributed by atoms with Gasteiger partial charge in [-0.15, -0.1) is 5.10 Å². The number of benzene rings is 1. The second kappa shape index (κ2) is 8.55. The maximum absolute atomic E-state index is 13.1. The van der Waals surface area contributed by atoms with Gasteiger partial charge in [-0.1, -0.05) is 11.6 Å². The fourth-order valence-electron chi connectivity index (χ4n) is 2.42. The Balaban J connectivity index is 2.64. The first-order valence-electron chi connectivity index (χ1n) is 8.11. The van der Waals surface area contributed by atoms with Gasteiger partial charge in [0.05, 0.1) is 18.1 Å². The summed E-state index contributed by atoms with van der Waals surface area (Å²) in [7, 11) is 1.02. The number of rotatable bonds is 7. The summed E-state index contributed by atoms with van der Waals surface area (Å²) in [6.07, 6.45) is -4.80. The predicted molar refractivity (Wildman–Crippen MR) is 93.5 cm³/mol. The smallest absolute Gasteiger partial charge is 0.434 e. The molecule has 0 spiro atoms.